The summed E-state index contributed by atoms with van der Waals surface area (Å²) >= 11 is 3.34. The van der Waals surface area contributed by atoms with Crippen LogP contribution in [-0.2, 0) is 14.3 Å². The molecule has 1 unspecified atom stereocenters. The molecule has 28 heavy (non-hydrogen) atoms. The molecule has 0 spiro atoms. The van der Waals surface area contributed by atoms with E-state index in [2.05, 4.69) is 21.2 Å². The average Bonchev–Trinajstić information content (AvgIpc) is 2.72. The first-order chi connectivity index (χ1) is 13.5. The summed E-state index contributed by atoms with van der Waals surface area (Å²) in [6, 6.07) is 11.7. The van der Waals surface area contributed by atoms with E-state index in [4.69, 9.17) is 18.9 Å². The summed E-state index contributed by atoms with van der Waals surface area (Å²) < 4.78 is 21.7. The molecule has 0 fully saturated rings. The third kappa shape index (κ3) is 6.16. The molecule has 2 aromatic carbocycles. The van der Waals surface area contributed by atoms with Crippen LogP contribution in [0.25, 0.3) is 0 Å². The van der Waals surface area contributed by atoms with Crippen LogP contribution >= 0.6 is 15.9 Å². The van der Waals surface area contributed by atoms with E-state index in [0.717, 1.165) is 4.47 Å². The van der Waals surface area contributed by atoms with E-state index in [0.29, 0.717) is 22.8 Å². The fourth-order valence-corrected chi connectivity index (χ4v) is 2.75. The lowest BCUT2D eigenvalue weighted by atomic mass is 10.0. The number of methoxy groups -OCH3 is 3. The van der Waals surface area contributed by atoms with Crippen molar-refractivity contribution in [2.45, 2.75) is 12.5 Å². The van der Waals surface area contributed by atoms with Crippen LogP contribution in [0, 0.1) is 0 Å². The first-order valence-electron chi connectivity index (χ1n) is 8.43. The Morgan fingerprint density at radius 2 is 1.68 bits per heavy atom. The number of esters is 1. The Kier molecular flexibility index (Phi) is 8.13. The summed E-state index contributed by atoms with van der Waals surface area (Å²) in [5.74, 6) is 0.790. The van der Waals surface area contributed by atoms with Gasteiger partial charge in [-0.15, -0.1) is 0 Å². The van der Waals surface area contributed by atoms with Gasteiger partial charge in [0.05, 0.1) is 33.8 Å². The van der Waals surface area contributed by atoms with Gasteiger partial charge in [0, 0.05) is 4.47 Å². The number of halogens is 1. The molecule has 0 aromatic heterocycles. The maximum Gasteiger partial charge on any atom is 0.307 e. The molecule has 1 atom stereocenters. The van der Waals surface area contributed by atoms with Crippen LogP contribution in [0.5, 0.6) is 17.2 Å². The topological polar surface area (TPSA) is 83.1 Å². The molecule has 0 radical (unpaired) electrons. The van der Waals surface area contributed by atoms with Crippen LogP contribution in [0.3, 0.4) is 0 Å². The Hall–Kier alpha value is -2.74. The number of amides is 1. The summed E-state index contributed by atoms with van der Waals surface area (Å²) in [4.78, 5) is 24.2. The summed E-state index contributed by atoms with van der Waals surface area (Å²) in [6.07, 6.45) is -0.0317. The monoisotopic (exact) mass is 451 g/mol. The lowest BCUT2D eigenvalue weighted by molar-refractivity contribution is -0.141. The molecule has 2 rings (SSSR count). The molecule has 0 heterocycles. The highest BCUT2D eigenvalue weighted by molar-refractivity contribution is 9.10. The maximum atomic E-state index is 12.4. The van der Waals surface area contributed by atoms with Crippen molar-refractivity contribution in [1.82, 2.24) is 5.32 Å². The van der Waals surface area contributed by atoms with E-state index >= 15 is 0 Å². The minimum atomic E-state index is -0.603. The number of ether oxygens (including phenoxy) is 4. The molecule has 0 aliphatic carbocycles. The number of hydrogen-bond acceptors (Lipinski definition) is 6. The summed E-state index contributed by atoms with van der Waals surface area (Å²) in [5.41, 5.74) is 0.681. The largest absolute Gasteiger partial charge is 0.493 e. The van der Waals surface area contributed by atoms with E-state index < -0.39 is 12.0 Å². The summed E-state index contributed by atoms with van der Waals surface area (Å²) in [7, 11) is 4.35. The van der Waals surface area contributed by atoms with Crippen molar-refractivity contribution >= 4 is 27.8 Å². The van der Waals surface area contributed by atoms with Crippen molar-refractivity contribution in [2.75, 3.05) is 27.9 Å². The fraction of sp³-hybridized carbons (Fsp3) is 0.300. The van der Waals surface area contributed by atoms with Crippen molar-refractivity contribution in [1.29, 1.82) is 0 Å². The Morgan fingerprint density at radius 1 is 1.00 bits per heavy atom. The molecular weight excluding hydrogens is 430 g/mol. The Bertz CT molecular complexity index is 809. The molecule has 0 aliphatic heterocycles. The number of carbonyl (C=O) groups is 2. The van der Waals surface area contributed by atoms with E-state index in [1.165, 1.54) is 21.3 Å². The summed E-state index contributed by atoms with van der Waals surface area (Å²) in [6.45, 7) is -0.188. The predicted molar refractivity (Wildman–Crippen MR) is 107 cm³/mol. The standard InChI is InChI=1S/C20H22BrNO6/c1-25-17-9-4-13(10-18(17)26-2)16(11-20(24)27-3)22-19(23)12-28-15-7-5-14(21)6-8-15/h4-10,16H,11-12H2,1-3H3,(H,22,23). The molecule has 0 saturated carbocycles. The van der Waals surface area contributed by atoms with Gasteiger partial charge < -0.3 is 24.3 Å². The van der Waals surface area contributed by atoms with Crippen LogP contribution in [0.15, 0.2) is 46.9 Å². The average molecular weight is 452 g/mol. The van der Waals surface area contributed by atoms with Gasteiger partial charge in [-0.05, 0) is 42.0 Å². The second kappa shape index (κ2) is 10.6. The third-order valence-electron chi connectivity index (χ3n) is 3.93. The Labute approximate surface area is 172 Å². The second-order valence-corrected chi connectivity index (χ2v) is 6.67. The highest BCUT2D eigenvalue weighted by Gasteiger charge is 2.21. The van der Waals surface area contributed by atoms with E-state index in [1.54, 1.807) is 30.3 Å². The van der Waals surface area contributed by atoms with Gasteiger partial charge in [0.25, 0.3) is 5.91 Å². The van der Waals surface area contributed by atoms with Gasteiger partial charge in [0.15, 0.2) is 18.1 Å². The fourth-order valence-electron chi connectivity index (χ4n) is 2.49. The second-order valence-electron chi connectivity index (χ2n) is 5.76. The summed E-state index contributed by atoms with van der Waals surface area (Å²) in [5, 5.41) is 2.80. The molecule has 0 aliphatic rings. The number of hydrogen-bond donors (Lipinski definition) is 1. The molecule has 1 amide bonds. The first-order valence-corrected chi connectivity index (χ1v) is 9.22. The van der Waals surface area contributed by atoms with E-state index in [-0.39, 0.29) is 18.9 Å². The smallest absolute Gasteiger partial charge is 0.307 e. The number of carbonyl (C=O) groups excluding carboxylic acids is 2. The van der Waals surface area contributed by atoms with E-state index in [1.807, 2.05) is 12.1 Å². The van der Waals surface area contributed by atoms with Gasteiger partial charge in [0.1, 0.15) is 5.75 Å². The first kappa shape index (κ1) is 21.6. The molecule has 2 aromatic rings. The molecule has 0 saturated heterocycles. The predicted octanol–water partition coefficient (Wildman–Crippen LogP) is 3.27. The van der Waals surface area contributed by atoms with Crippen molar-refractivity contribution in [2.24, 2.45) is 0 Å². The molecule has 150 valence electrons. The van der Waals surface area contributed by atoms with Gasteiger partial charge in [-0.2, -0.15) is 0 Å². The van der Waals surface area contributed by atoms with Crippen LogP contribution in [-0.4, -0.2) is 39.8 Å². The van der Waals surface area contributed by atoms with E-state index in [9.17, 15) is 9.59 Å². The molecule has 1 N–H and O–H groups in total. The Morgan fingerprint density at radius 3 is 2.29 bits per heavy atom. The molecule has 0 bridgehead atoms. The number of nitrogens with one attached hydrogen (secondary N) is 1. The van der Waals surface area contributed by atoms with Gasteiger partial charge >= 0.3 is 5.97 Å². The zero-order valence-corrected chi connectivity index (χ0v) is 17.4. The van der Waals surface area contributed by atoms with Gasteiger partial charge in [-0.25, -0.2) is 0 Å². The molecule has 8 heteroatoms. The van der Waals surface area contributed by atoms with Crippen LogP contribution in [0.2, 0.25) is 0 Å². The SMILES string of the molecule is COC(=O)CC(NC(=O)COc1ccc(Br)cc1)c1ccc(OC)c(OC)c1. The quantitative estimate of drug-likeness (QED) is 0.589. The van der Waals surface area contributed by atoms with Gasteiger partial charge in [-0.1, -0.05) is 22.0 Å². The highest BCUT2D eigenvalue weighted by Crippen LogP contribution is 2.31. The molecule has 7 nitrogen and oxygen atoms in total. The highest BCUT2D eigenvalue weighted by atomic mass is 79.9. The molecular formula is C20H22BrNO6. The van der Waals surface area contributed by atoms with Crippen molar-refractivity contribution in [3.63, 3.8) is 0 Å². The van der Waals surface area contributed by atoms with Crippen molar-refractivity contribution in [3.8, 4) is 17.2 Å². The zero-order chi connectivity index (χ0) is 20.5. The number of benzene rings is 2. The maximum absolute atomic E-state index is 12.4. The van der Waals surface area contributed by atoms with Crippen LogP contribution < -0.4 is 19.5 Å². The number of rotatable bonds is 9. The van der Waals surface area contributed by atoms with Gasteiger partial charge in [-0.3, -0.25) is 9.59 Å². The normalized spacial score (nSPS) is 11.3. The minimum absolute atomic E-state index is 0.0317. The lowest BCUT2D eigenvalue weighted by Crippen LogP contribution is -2.34. The third-order valence-corrected chi connectivity index (χ3v) is 4.46. The van der Waals surface area contributed by atoms with Crippen LogP contribution in [0.4, 0.5) is 0 Å². The zero-order valence-electron chi connectivity index (χ0n) is 15.9. The van der Waals surface area contributed by atoms with Crippen molar-refractivity contribution in [3.05, 3.63) is 52.5 Å². The minimum Gasteiger partial charge on any atom is -0.493 e. The van der Waals surface area contributed by atoms with Gasteiger partial charge in [0.2, 0.25) is 0 Å². The lowest BCUT2D eigenvalue weighted by Gasteiger charge is -2.20. The Balaban J connectivity index is 2.10. The van der Waals surface area contributed by atoms with Crippen LogP contribution in [0.1, 0.15) is 18.0 Å². The van der Waals surface area contributed by atoms with Crippen molar-refractivity contribution < 1.29 is 28.5 Å².